The Morgan fingerprint density at radius 3 is 3.00 bits per heavy atom. The predicted molar refractivity (Wildman–Crippen MR) is 72.2 cm³/mol. The van der Waals surface area contributed by atoms with E-state index in [2.05, 4.69) is 36.1 Å². The Hall–Kier alpha value is -0.550. The second-order valence-electron chi connectivity index (χ2n) is 4.29. The van der Waals surface area contributed by atoms with E-state index in [1.165, 1.54) is 4.88 Å². The summed E-state index contributed by atoms with van der Waals surface area (Å²) >= 11 is 3.54. The Kier molecular flexibility index (Phi) is 3.86. The van der Waals surface area contributed by atoms with E-state index < -0.39 is 0 Å². The lowest BCUT2D eigenvalue weighted by Gasteiger charge is -2.12. The number of aliphatic imine (C=N–C) groups is 1. The van der Waals surface area contributed by atoms with Crippen molar-refractivity contribution in [1.29, 1.82) is 0 Å². The number of hydrogen-bond donors (Lipinski definition) is 1. The molecule has 1 aromatic rings. The van der Waals surface area contributed by atoms with Gasteiger partial charge in [0.2, 0.25) is 0 Å². The summed E-state index contributed by atoms with van der Waals surface area (Å²) in [6, 6.07) is 0.571. The molecule has 1 saturated heterocycles. The van der Waals surface area contributed by atoms with Crippen LogP contribution in [0.2, 0.25) is 0 Å². The molecule has 5 heteroatoms. The molecule has 0 amide bonds. The number of hydrogen-bond acceptors (Lipinski definition) is 4. The third kappa shape index (κ3) is 2.98. The molecule has 1 N–H and O–H groups in total. The van der Waals surface area contributed by atoms with Gasteiger partial charge in [0.25, 0.3) is 0 Å². The molecule has 1 aromatic heterocycles. The third-order valence-corrected chi connectivity index (χ3v) is 4.48. The molecule has 2 heterocycles. The number of nitrogens with zero attached hydrogens (tertiary/aromatic N) is 2. The fourth-order valence-corrected chi connectivity index (χ4v) is 3.38. The number of rotatable bonds is 3. The van der Waals surface area contributed by atoms with Crippen LogP contribution in [0.1, 0.15) is 23.7 Å². The zero-order chi connectivity index (χ0) is 11.5. The highest BCUT2D eigenvalue weighted by molar-refractivity contribution is 8.14. The normalized spacial score (nSPS) is 23.0. The quantitative estimate of drug-likeness (QED) is 0.902. The van der Waals surface area contributed by atoms with Crippen molar-refractivity contribution in [3.63, 3.8) is 0 Å². The summed E-state index contributed by atoms with van der Waals surface area (Å²) in [7, 11) is 0. The first-order valence-corrected chi connectivity index (χ1v) is 7.30. The van der Waals surface area contributed by atoms with Crippen molar-refractivity contribution >= 4 is 28.3 Å². The van der Waals surface area contributed by atoms with Crippen LogP contribution in [0.3, 0.4) is 0 Å². The van der Waals surface area contributed by atoms with Crippen LogP contribution in [0.15, 0.2) is 11.2 Å². The first kappa shape index (κ1) is 11.9. The van der Waals surface area contributed by atoms with E-state index in [0.717, 1.165) is 15.9 Å². The minimum atomic E-state index is 0.571. The Morgan fingerprint density at radius 1 is 1.62 bits per heavy atom. The fraction of sp³-hybridized carbons (Fsp3) is 0.636. The van der Waals surface area contributed by atoms with Crippen molar-refractivity contribution in [2.24, 2.45) is 10.9 Å². The fourth-order valence-electron chi connectivity index (χ4n) is 1.48. The molecule has 1 unspecified atom stereocenters. The molecule has 2 rings (SSSR count). The summed E-state index contributed by atoms with van der Waals surface area (Å²) in [5.74, 6) is 1.80. The standard InChI is InChI=1S/C11H17N3S2/c1-7(2)9-6-15-11(14-9)13-5-10-12-4-8(3)16-10/h4,7,9H,5-6H2,1-3H3,(H,13,14). The molecule has 88 valence electrons. The van der Waals surface area contributed by atoms with Crippen LogP contribution < -0.4 is 5.32 Å². The first-order chi connectivity index (χ1) is 7.65. The lowest BCUT2D eigenvalue weighted by atomic mass is 10.1. The van der Waals surface area contributed by atoms with E-state index >= 15 is 0 Å². The Balaban J connectivity index is 1.90. The van der Waals surface area contributed by atoms with Crippen molar-refractivity contribution < 1.29 is 0 Å². The van der Waals surface area contributed by atoms with Crippen LogP contribution in [-0.2, 0) is 6.54 Å². The van der Waals surface area contributed by atoms with Crippen LogP contribution >= 0.6 is 23.1 Å². The van der Waals surface area contributed by atoms with Crippen molar-refractivity contribution in [2.45, 2.75) is 33.4 Å². The minimum absolute atomic E-state index is 0.571. The molecule has 0 aromatic carbocycles. The maximum absolute atomic E-state index is 4.56. The molecule has 0 saturated carbocycles. The van der Waals surface area contributed by atoms with Gasteiger partial charge >= 0.3 is 0 Å². The number of aryl methyl sites for hydroxylation is 1. The largest absolute Gasteiger partial charge is 0.361 e. The average molecular weight is 255 g/mol. The number of amidine groups is 1. The average Bonchev–Trinajstić information content (AvgIpc) is 2.83. The molecule has 0 aliphatic carbocycles. The van der Waals surface area contributed by atoms with Gasteiger partial charge in [0.15, 0.2) is 5.17 Å². The van der Waals surface area contributed by atoms with Crippen molar-refractivity contribution in [1.82, 2.24) is 10.3 Å². The molecule has 1 fully saturated rings. The van der Waals surface area contributed by atoms with Crippen molar-refractivity contribution in [2.75, 3.05) is 5.75 Å². The summed E-state index contributed by atoms with van der Waals surface area (Å²) in [6.45, 7) is 7.26. The van der Waals surface area contributed by atoms with E-state index in [1.54, 1.807) is 11.3 Å². The van der Waals surface area contributed by atoms with Crippen LogP contribution in [-0.4, -0.2) is 21.9 Å². The highest BCUT2D eigenvalue weighted by atomic mass is 32.2. The maximum atomic E-state index is 4.56. The number of thiazole rings is 1. The highest BCUT2D eigenvalue weighted by Crippen LogP contribution is 2.20. The Labute approximate surface area is 105 Å². The molecule has 1 atom stereocenters. The van der Waals surface area contributed by atoms with E-state index in [-0.39, 0.29) is 0 Å². The Morgan fingerprint density at radius 2 is 2.44 bits per heavy atom. The molecule has 0 spiro atoms. The predicted octanol–water partition coefficient (Wildman–Crippen LogP) is 2.67. The van der Waals surface area contributed by atoms with Gasteiger partial charge in [-0.05, 0) is 12.8 Å². The molecular formula is C11H17N3S2. The summed E-state index contributed by atoms with van der Waals surface area (Å²) in [4.78, 5) is 10.1. The van der Waals surface area contributed by atoms with E-state index in [4.69, 9.17) is 0 Å². The zero-order valence-electron chi connectivity index (χ0n) is 9.86. The van der Waals surface area contributed by atoms with Crippen molar-refractivity contribution in [3.8, 4) is 0 Å². The number of aromatic nitrogens is 1. The highest BCUT2D eigenvalue weighted by Gasteiger charge is 2.22. The molecule has 1 aliphatic rings. The van der Waals surface area contributed by atoms with Crippen LogP contribution in [0.5, 0.6) is 0 Å². The lowest BCUT2D eigenvalue weighted by Crippen LogP contribution is -2.31. The molecule has 16 heavy (non-hydrogen) atoms. The van der Waals surface area contributed by atoms with Gasteiger partial charge in [0, 0.05) is 22.9 Å². The topological polar surface area (TPSA) is 37.3 Å². The zero-order valence-corrected chi connectivity index (χ0v) is 11.5. The summed E-state index contributed by atoms with van der Waals surface area (Å²) in [5.41, 5.74) is 0. The monoisotopic (exact) mass is 255 g/mol. The first-order valence-electron chi connectivity index (χ1n) is 5.50. The van der Waals surface area contributed by atoms with Crippen LogP contribution in [0, 0.1) is 12.8 Å². The van der Waals surface area contributed by atoms with E-state index in [9.17, 15) is 0 Å². The van der Waals surface area contributed by atoms with Gasteiger partial charge in [0.05, 0.1) is 6.54 Å². The van der Waals surface area contributed by atoms with Gasteiger partial charge in [-0.1, -0.05) is 25.6 Å². The van der Waals surface area contributed by atoms with Crippen molar-refractivity contribution in [3.05, 3.63) is 16.1 Å². The number of nitrogens with one attached hydrogen (secondary N) is 1. The lowest BCUT2D eigenvalue weighted by molar-refractivity contribution is 0.503. The summed E-state index contributed by atoms with van der Waals surface area (Å²) in [5, 5.41) is 5.63. The van der Waals surface area contributed by atoms with Gasteiger partial charge in [-0.15, -0.1) is 11.3 Å². The van der Waals surface area contributed by atoms with Gasteiger partial charge in [-0.25, -0.2) is 4.98 Å². The maximum Gasteiger partial charge on any atom is 0.157 e. The van der Waals surface area contributed by atoms with Gasteiger partial charge in [-0.2, -0.15) is 0 Å². The molecule has 3 nitrogen and oxygen atoms in total. The van der Waals surface area contributed by atoms with Gasteiger partial charge < -0.3 is 5.32 Å². The van der Waals surface area contributed by atoms with Crippen LogP contribution in [0.4, 0.5) is 0 Å². The van der Waals surface area contributed by atoms with Gasteiger partial charge in [0.1, 0.15) is 5.01 Å². The van der Waals surface area contributed by atoms with Gasteiger partial charge in [-0.3, -0.25) is 4.99 Å². The minimum Gasteiger partial charge on any atom is -0.361 e. The van der Waals surface area contributed by atoms with E-state index in [0.29, 0.717) is 18.5 Å². The molecule has 1 aliphatic heterocycles. The van der Waals surface area contributed by atoms with E-state index in [1.807, 2.05) is 18.0 Å². The second-order valence-corrected chi connectivity index (χ2v) is 6.62. The third-order valence-electron chi connectivity index (χ3n) is 2.54. The van der Waals surface area contributed by atoms with Crippen LogP contribution in [0.25, 0.3) is 0 Å². The summed E-state index contributed by atoms with van der Waals surface area (Å²) in [6.07, 6.45) is 1.91. The SMILES string of the molecule is Cc1cnc(CN=C2NC(C(C)C)CS2)s1. The molecule has 0 bridgehead atoms. The number of thioether (sulfide) groups is 1. The smallest absolute Gasteiger partial charge is 0.157 e. The second kappa shape index (κ2) is 5.19. The Bertz CT molecular complexity index is 384. The molecular weight excluding hydrogens is 238 g/mol. The molecule has 0 radical (unpaired) electrons. The summed E-state index contributed by atoms with van der Waals surface area (Å²) < 4.78 is 0.